The minimum atomic E-state index is -4.16. The molecule has 12 heteroatoms. The highest BCUT2D eigenvalue weighted by atomic mass is 35.5. The number of nitrogens with zero attached hydrogens (tertiary/aromatic N) is 3. The maximum absolute atomic E-state index is 12.9. The first-order valence-corrected chi connectivity index (χ1v) is 13.4. The Balaban J connectivity index is 1.80. The number of hydrogen-bond acceptors (Lipinski definition) is 5. The summed E-state index contributed by atoms with van der Waals surface area (Å²) in [5, 5.41) is 6.82. The monoisotopic (exact) mass is 571 g/mol. The fraction of sp³-hybridized carbons (Fsp3) is 0.115. The summed E-state index contributed by atoms with van der Waals surface area (Å²) in [7, 11) is -4.16. The SMILES string of the molecule is NC(=O)/C=C/COC1(c2ccccc2)CN(/C(N)=N/S(=O)(=O)c2ccc(Cl)cc2)N=C1c1ccc(Cl)cc1. The van der Waals surface area contributed by atoms with Gasteiger partial charge in [0.25, 0.3) is 10.0 Å². The van der Waals surface area contributed by atoms with Crippen LogP contribution < -0.4 is 11.5 Å². The van der Waals surface area contributed by atoms with Crippen LogP contribution in [-0.4, -0.2) is 44.2 Å². The predicted octanol–water partition coefficient (Wildman–Crippen LogP) is 3.67. The van der Waals surface area contributed by atoms with E-state index in [-0.39, 0.29) is 24.0 Å². The summed E-state index contributed by atoms with van der Waals surface area (Å²) in [6.07, 6.45) is 2.68. The van der Waals surface area contributed by atoms with E-state index in [4.69, 9.17) is 39.4 Å². The lowest BCUT2D eigenvalue weighted by Gasteiger charge is -2.31. The fourth-order valence-corrected chi connectivity index (χ4v) is 5.05. The number of hydrogen-bond donors (Lipinski definition) is 2. The predicted molar refractivity (Wildman–Crippen MR) is 147 cm³/mol. The van der Waals surface area contributed by atoms with Gasteiger partial charge >= 0.3 is 0 Å². The van der Waals surface area contributed by atoms with Gasteiger partial charge in [-0.3, -0.25) is 4.79 Å². The van der Waals surface area contributed by atoms with Crippen molar-refractivity contribution >= 4 is 50.8 Å². The number of carbonyl (C=O) groups excluding carboxylic acids is 1. The summed E-state index contributed by atoms with van der Waals surface area (Å²) in [5.41, 5.74) is 12.0. The van der Waals surface area contributed by atoms with Crippen LogP contribution in [0.3, 0.4) is 0 Å². The van der Waals surface area contributed by atoms with Crippen LogP contribution in [-0.2, 0) is 25.2 Å². The van der Waals surface area contributed by atoms with E-state index in [1.54, 1.807) is 24.3 Å². The zero-order valence-electron chi connectivity index (χ0n) is 19.9. The Morgan fingerprint density at radius 1 is 1.00 bits per heavy atom. The molecule has 1 heterocycles. The van der Waals surface area contributed by atoms with Gasteiger partial charge in [0.1, 0.15) is 5.71 Å². The number of benzene rings is 3. The Bertz CT molecular complexity index is 1510. The normalized spacial score (nSPS) is 18.1. The summed E-state index contributed by atoms with van der Waals surface area (Å²) in [6, 6.07) is 21.7. The molecule has 0 radical (unpaired) electrons. The minimum absolute atomic E-state index is 0.00158. The zero-order chi connectivity index (χ0) is 27.3. The molecular formula is C26H23Cl2N5O4S. The highest BCUT2D eigenvalue weighted by molar-refractivity contribution is 7.90. The molecule has 0 fully saturated rings. The summed E-state index contributed by atoms with van der Waals surface area (Å²) in [5.74, 6) is -0.980. The molecule has 0 aromatic heterocycles. The molecule has 38 heavy (non-hydrogen) atoms. The molecule has 0 spiro atoms. The second-order valence-corrected chi connectivity index (χ2v) is 10.7. The summed E-state index contributed by atoms with van der Waals surface area (Å²) in [6.45, 7) is -0.0107. The summed E-state index contributed by atoms with van der Waals surface area (Å²) >= 11 is 12.0. The lowest BCUT2D eigenvalue weighted by atomic mass is 9.85. The number of halogens is 2. The van der Waals surface area contributed by atoms with E-state index in [0.717, 1.165) is 5.56 Å². The highest BCUT2D eigenvalue weighted by Crippen LogP contribution is 2.37. The third kappa shape index (κ3) is 6.05. The molecule has 0 bridgehead atoms. The van der Waals surface area contributed by atoms with Crippen LogP contribution in [0, 0.1) is 0 Å². The average molecular weight is 572 g/mol. The van der Waals surface area contributed by atoms with Crippen LogP contribution in [0.5, 0.6) is 0 Å². The van der Waals surface area contributed by atoms with Gasteiger partial charge in [-0.05, 0) is 42.0 Å². The zero-order valence-corrected chi connectivity index (χ0v) is 22.2. The number of amides is 1. The number of sulfonamides is 1. The van der Waals surface area contributed by atoms with Gasteiger partial charge in [-0.15, -0.1) is 4.40 Å². The molecule has 3 aromatic rings. The molecule has 1 amide bonds. The molecule has 1 aliphatic heterocycles. The Morgan fingerprint density at radius 2 is 1.61 bits per heavy atom. The molecule has 1 unspecified atom stereocenters. The molecule has 0 saturated heterocycles. The van der Waals surface area contributed by atoms with E-state index in [2.05, 4.69) is 9.50 Å². The van der Waals surface area contributed by atoms with Gasteiger partial charge in [0.2, 0.25) is 11.9 Å². The van der Waals surface area contributed by atoms with Crippen LogP contribution in [0.2, 0.25) is 10.0 Å². The fourth-order valence-electron chi connectivity index (χ4n) is 3.87. The van der Waals surface area contributed by atoms with Gasteiger partial charge in [0, 0.05) is 21.7 Å². The number of hydrazone groups is 1. The van der Waals surface area contributed by atoms with E-state index in [1.165, 1.54) is 41.4 Å². The average Bonchev–Trinajstić information content (AvgIpc) is 3.28. The molecule has 0 aliphatic carbocycles. The van der Waals surface area contributed by atoms with Gasteiger partial charge in [0.05, 0.1) is 18.0 Å². The molecule has 196 valence electrons. The molecule has 0 saturated carbocycles. The molecule has 4 rings (SSSR count). The largest absolute Gasteiger partial charge is 0.367 e. The van der Waals surface area contributed by atoms with E-state index in [1.807, 2.05) is 30.3 Å². The van der Waals surface area contributed by atoms with Crippen molar-refractivity contribution in [3.63, 3.8) is 0 Å². The third-order valence-corrected chi connectivity index (χ3v) is 7.43. The van der Waals surface area contributed by atoms with Gasteiger partial charge in [-0.1, -0.05) is 71.7 Å². The van der Waals surface area contributed by atoms with E-state index < -0.39 is 21.5 Å². The van der Waals surface area contributed by atoms with Crippen molar-refractivity contribution in [3.8, 4) is 0 Å². The molecule has 3 aromatic carbocycles. The third-order valence-electron chi connectivity index (χ3n) is 5.63. The second kappa shape index (κ2) is 11.4. The van der Waals surface area contributed by atoms with Crippen LogP contribution in [0.15, 0.2) is 105 Å². The van der Waals surface area contributed by atoms with E-state index in [9.17, 15) is 13.2 Å². The Hall–Kier alpha value is -3.70. The molecular weight excluding hydrogens is 549 g/mol. The first-order valence-electron chi connectivity index (χ1n) is 11.2. The van der Waals surface area contributed by atoms with Gasteiger partial charge in [-0.25, -0.2) is 5.01 Å². The van der Waals surface area contributed by atoms with Gasteiger partial charge in [0.15, 0.2) is 5.60 Å². The minimum Gasteiger partial charge on any atom is -0.367 e. The Kier molecular flexibility index (Phi) is 8.17. The number of carbonyl (C=O) groups is 1. The molecule has 1 aliphatic rings. The van der Waals surface area contributed by atoms with E-state index in [0.29, 0.717) is 21.3 Å². The van der Waals surface area contributed by atoms with Crippen molar-refractivity contribution in [1.29, 1.82) is 0 Å². The lowest BCUT2D eigenvalue weighted by molar-refractivity contribution is -0.113. The first-order chi connectivity index (χ1) is 18.1. The number of ether oxygens (including phenoxy) is 1. The smallest absolute Gasteiger partial charge is 0.285 e. The molecule has 4 N–H and O–H groups in total. The van der Waals surface area contributed by atoms with Gasteiger partial charge < -0.3 is 16.2 Å². The van der Waals surface area contributed by atoms with Crippen molar-refractivity contribution in [2.75, 3.05) is 13.2 Å². The first kappa shape index (κ1) is 27.3. The number of primary amides is 1. The summed E-state index contributed by atoms with van der Waals surface area (Å²) in [4.78, 5) is 11.1. The van der Waals surface area contributed by atoms with E-state index >= 15 is 0 Å². The van der Waals surface area contributed by atoms with Crippen molar-refractivity contribution in [2.24, 2.45) is 21.0 Å². The highest BCUT2D eigenvalue weighted by Gasteiger charge is 2.47. The Morgan fingerprint density at radius 3 is 2.21 bits per heavy atom. The summed E-state index contributed by atoms with van der Waals surface area (Å²) < 4.78 is 36.0. The standard InChI is InChI=1S/C26H23Cl2N5O4S/c27-20-10-8-18(9-11-20)24-26(19-5-2-1-3-6-19,37-16-4-7-23(29)34)17-33(31-24)25(30)32-38(35,36)22-14-12-21(28)13-15-22/h1-15H,16-17H2,(H2,29,34)(H2,30,32)/b7-4+. The van der Waals surface area contributed by atoms with Crippen LogP contribution in [0.1, 0.15) is 11.1 Å². The van der Waals surface area contributed by atoms with Crippen LogP contribution in [0.4, 0.5) is 0 Å². The maximum atomic E-state index is 12.9. The van der Waals surface area contributed by atoms with Gasteiger partial charge in [-0.2, -0.15) is 13.5 Å². The molecule has 1 atom stereocenters. The number of guanidine groups is 1. The van der Waals surface area contributed by atoms with Crippen molar-refractivity contribution < 1.29 is 17.9 Å². The number of rotatable bonds is 8. The molecule has 9 nitrogen and oxygen atoms in total. The topological polar surface area (TPSA) is 140 Å². The van der Waals surface area contributed by atoms with Crippen molar-refractivity contribution in [2.45, 2.75) is 10.5 Å². The Labute approximate surface area is 230 Å². The van der Waals surface area contributed by atoms with Crippen LogP contribution >= 0.6 is 23.2 Å². The quantitative estimate of drug-likeness (QED) is 0.240. The number of nitrogens with two attached hydrogens (primary N) is 2. The van der Waals surface area contributed by atoms with Crippen molar-refractivity contribution in [1.82, 2.24) is 5.01 Å². The lowest BCUT2D eigenvalue weighted by Crippen LogP contribution is -2.44. The second-order valence-electron chi connectivity index (χ2n) is 8.20. The van der Waals surface area contributed by atoms with Crippen LogP contribution in [0.25, 0.3) is 0 Å². The maximum Gasteiger partial charge on any atom is 0.285 e. The van der Waals surface area contributed by atoms with Crippen molar-refractivity contribution in [3.05, 3.63) is 112 Å².